The molecule has 9 heavy (non-hydrogen) atoms. The van der Waals surface area contributed by atoms with Gasteiger partial charge in [0.05, 0.1) is 0 Å². The van der Waals surface area contributed by atoms with E-state index in [0.717, 1.165) is 14.2 Å². The molecular formula is C4H11O4P. The molecule has 0 aliphatic rings. The molecule has 0 heterocycles. The van der Waals surface area contributed by atoms with E-state index in [1.807, 2.05) is 0 Å². The normalized spacial score (nSPS) is 9.67. The van der Waals surface area contributed by atoms with Gasteiger partial charge in [-0.15, -0.1) is 13.2 Å². The lowest BCUT2D eigenvalue weighted by Gasteiger charge is -2.01. The van der Waals surface area contributed by atoms with E-state index < -0.39 is 7.82 Å². The Labute approximate surface area is 54.7 Å². The van der Waals surface area contributed by atoms with E-state index in [1.165, 1.54) is 0 Å². The molecule has 0 aromatic carbocycles. The van der Waals surface area contributed by atoms with Crippen molar-refractivity contribution < 1.29 is 18.5 Å². The first-order valence-electron chi connectivity index (χ1n) is 2.06. The highest BCUT2D eigenvalue weighted by molar-refractivity contribution is 7.47. The van der Waals surface area contributed by atoms with Crippen molar-refractivity contribution in [3.63, 3.8) is 0 Å². The fourth-order valence-electron chi connectivity index (χ4n) is 0.0745. The zero-order valence-electron chi connectivity index (χ0n) is 5.53. The van der Waals surface area contributed by atoms with Crippen LogP contribution < -0.4 is 0 Å². The maximum absolute atomic E-state index is 10.1. The summed E-state index contributed by atoms with van der Waals surface area (Å²) >= 11 is 0. The Hall–Kier alpha value is -0.150. The molecule has 0 aromatic rings. The summed E-state index contributed by atoms with van der Waals surface area (Å²) in [6.45, 7) is 6.00. The number of phosphoric acid groups is 1. The summed E-state index contributed by atoms with van der Waals surface area (Å²) in [6, 6.07) is 0. The number of rotatable bonds is 2. The van der Waals surface area contributed by atoms with Gasteiger partial charge in [-0.05, 0) is 0 Å². The van der Waals surface area contributed by atoms with E-state index in [-0.39, 0.29) is 0 Å². The summed E-state index contributed by atoms with van der Waals surface area (Å²) in [5, 5.41) is 0. The Morgan fingerprint density at radius 2 is 1.56 bits per heavy atom. The van der Waals surface area contributed by atoms with Gasteiger partial charge >= 0.3 is 7.82 Å². The van der Waals surface area contributed by atoms with Crippen molar-refractivity contribution in [1.29, 1.82) is 0 Å². The zero-order chi connectivity index (χ0) is 7.91. The van der Waals surface area contributed by atoms with Crippen molar-refractivity contribution in [2.45, 2.75) is 0 Å². The molecule has 0 bridgehead atoms. The van der Waals surface area contributed by atoms with Crippen LogP contribution in [-0.4, -0.2) is 19.1 Å². The van der Waals surface area contributed by atoms with E-state index in [1.54, 1.807) is 0 Å². The van der Waals surface area contributed by atoms with Crippen LogP contribution in [0.1, 0.15) is 0 Å². The summed E-state index contributed by atoms with van der Waals surface area (Å²) in [5.41, 5.74) is 0. The summed E-state index contributed by atoms with van der Waals surface area (Å²) < 4.78 is 18.0. The lowest BCUT2D eigenvalue weighted by molar-refractivity contribution is 0.204. The van der Waals surface area contributed by atoms with Crippen molar-refractivity contribution in [1.82, 2.24) is 0 Å². The van der Waals surface area contributed by atoms with E-state index in [0.29, 0.717) is 0 Å². The van der Waals surface area contributed by atoms with Crippen LogP contribution in [0.2, 0.25) is 0 Å². The van der Waals surface area contributed by atoms with Crippen molar-refractivity contribution >= 4 is 7.82 Å². The SMILES string of the molecule is C=C.COP(=O)(O)OC. The Kier molecular flexibility index (Phi) is 7.72. The van der Waals surface area contributed by atoms with Crippen LogP contribution in [0.25, 0.3) is 0 Å². The lowest BCUT2D eigenvalue weighted by atomic mass is 11.3. The summed E-state index contributed by atoms with van der Waals surface area (Å²) in [4.78, 5) is 8.24. The molecule has 0 rings (SSSR count). The van der Waals surface area contributed by atoms with Crippen LogP contribution in [0.15, 0.2) is 13.2 Å². The van der Waals surface area contributed by atoms with Gasteiger partial charge in [-0.3, -0.25) is 9.05 Å². The van der Waals surface area contributed by atoms with E-state index in [9.17, 15) is 4.57 Å². The molecule has 4 nitrogen and oxygen atoms in total. The Bertz CT molecular complexity index is 94.7. The second kappa shape index (κ2) is 5.98. The maximum Gasteiger partial charge on any atom is 0.471 e. The smallest absolute Gasteiger partial charge is 0.303 e. The minimum atomic E-state index is -3.65. The molecule has 1 N–H and O–H groups in total. The molecule has 0 aliphatic carbocycles. The van der Waals surface area contributed by atoms with Gasteiger partial charge in [-0.25, -0.2) is 4.57 Å². The first-order chi connectivity index (χ1) is 4.12. The molecule has 0 fully saturated rings. The summed E-state index contributed by atoms with van der Waals surface area (Å²) in [7, 11) is -1.45. The number of hydrogen-bond acceptors (Lipinski definition) is 3. The van der Waals surface area contributed by atoms with E-state index >= 15 is 0 Å². The predicted molar refractivity (Wildman–Crippen MR) is 35.1 cm³/mol. The molecule has 0 saturated heterocycles. The highest BCUT2D eigenvalue weighted by Gasteiger charge is 2.13. The van der Waals surface area contributed by atoms with Crippen LogP contribution in [0.3, 0.4) is 0 Å². The van der Waals surface area contributed by atoms with Crippen molar-refractivity contribution in [3.8, 4) is 0 Å². The quantitative estimate of drug-likeness (QED) is 0.479. The third-order valence-corrected chi connectivity index (χ3v) is 1.38. The standard InChI is InChI=1S/C2H7O4P.C2H4/c1-5-7(3,4)6-2;1-2/h1-2H3,(H,3,4);1-2H2. The average molecular weight is 154 g/mol. The second-order valence-electron chi connectivity index (χ2n) is 0.834. The molecule has 0 spiro atoms. The molecule has 0 saturated carbocycles. The molecule has 56 valence electrons. The molecule has 0 radical (unpaired) electrons. The third kappa shape index (κ3) is 7.85. The summed E-state index contributed by atoms with van der Waals surface area (Å²) in [6.07, 6.45) is 0. The predicted octanol–water partition coefficient (Wildman–Crippen LogP) is 1.18. The molecule has 0 atom stereocenters. The first kappa shape index (κ1) is 11.6. The van der Waals surface area contributed by atoms with Crippen LogP contribution in [0.4, 0.5) is 0 Å². The first-order valence-corrected chi connectivity index (χ1v) is 3.56. The summed E-state index contributed by atoms with van der Waals surface area (Å²) in [5.74, 6) is 0. The zero-order valence-corrected chi connectivity index (χ0v) is 6.43. The van der Waals surface area contributed by atoms with Gasteiger partial charge in [0.25, 0.3) is 0 Å². The highest BCUT2D eigenvalue weighted by atomic mass is 31.2. The fourth-order valence-corrected chi connectivity index (χ4v) is 0.224. The average Bonchev–Trinajstić information content (AvgIpc) is 1.93. The molecule has 0 unspecified atom stereocenters. The third-order valence-electron chi connectivity index (χ3n) is 0.461. The molecule has 0 amide bonds. The van der Waals surface area contributed by atoms with Crippen LogP contribution >= 0.6 is 7.82 Å². The molecule has 5 heteroatoms. The lowest BCUT2D eigenvalue weighted by Crippen LogP contribution is -1.83. The Balaban J connectivity index is 0. The molecular weight excluding hydrogens is 143 g/mol. The van der Waals surface area contributed by atoms with Gasteiger partial charge < -0.3 is 4.89 Å². The fraction of sp³-hybridized carbons (Fsp3) is 0.500. The van der Waals surface area contributed by atoms with Crippen molar-refractivity contribution in [3.05, 3.63) is 13.2 Å². The number of hydrogen-bond donors (Lipinski definition) is 1. The largest absolute Gasteiger partial charge is 0.471 e. The highest BCUT2D eigenvalue weighted by Crippen LogP contribution is 2.40. The van der Waals surface area contributed by atoms with Crippen molar-refractivity contribution in [2.24, 2.45) is 0 Å². The van der Waals surface area contributed by atoms with E-state index in [2.05, 4.69) is 22.2 Å². The molecule has 0 aromatic heterocycles. The second-order valence-corrected chi connectivity index (χ2v) is 2.50. The van der Waals surface area contributed by atoms with Crippen molar-refractivity contribution in [2.75, 3.05) is 14.2 Å². The van der Waals surface area contributed by atoms with E-state index in [4.69, 9.17) is 4.89 Å². The minimum absolute atomic E-state index is 1.10. The maximum atomic E-state index is 10.1. The van der Waals surface area contributed by atoms with Crippen LogP contribution in [-0.2, 0) is 13.6 Å². The topological polar surface area (TPSA) is 55.8 Å². The Morgan fingerprint density at radius 3 is 1.56 bits per heavy atom. The Morgan fingerprint density at radius 1 is 1.33 bits per heavy atom. The van der Waals surface area contributed by atoms with Gasteiger partial charge in [0, 0.05) is 14.2 Å². The van der Waals surface area contributed by atoms with Crippen LogP contribution in [0.5, 0.6) is 0 Å². The van der Waals surface area contributed by atoms with Gasteiger partial charge in [-0.1, -0.05) is 0 Å². The van der Waals surface area contributed by atoms with Gasteiger partial charge in [0.1, 0.15) is 0 Å². The van der Waals surface area contributed by atoms with Gasteiger partial charge in [0.2, 0.25) is 0 Å². The minimum Gasteiger partial charge on any atom is -0.303 e. The van der Waals surface area contributed by atoms with Gasteiger partial charge in [0.15, 0.2) is 0 Å². The van der Waals surface area contributed by atoms with Crippen LogP contribution in [0, 0.1) is 0 Å². The molecule has 0 aliphatic heterocycles. The number of phosphoric ester groups is 1. The monoisotopic (exact) mass is 154 g/mol. The van der Waals surface area contributed by atoms with Gasteiger partial charge in [-0.2, -0.15) is 0 Å².